The topological polar surface area (TPSA) is 52.5 Å². The summed E-state index contributed by atoms with van der Waals surface area (Å²) in [6.45, 7) is 4.07. The summed E-state index contributed by atoms with van der Waals surface area (Å²) in [6, 6.07) is 12.7. The Kier molecular flexibility index (Phi) is 3.95. The van der Waals surface area contributed by atoms with Crippen LogP contribution in [0, 0.1) is 0 Å². The van der Waals surface area contributed by atoms with Crippen molar-refractivity contribution in [3.05, 3.63) is 53.6 Å². The van der Waals surface area contributed by atoms with E-state index in [0.29, 0.717) is 5.56 Å². The molecule has 0 radical (unpaired) electrons. The molecule has 3 N–H and O–H groups in total. The molecular weight excluding hydrogens is 238 g/mol. The van der Waals surface area contributed by atoms with E-state index in [1.165, 1.54) is 17.7 Å². The molecule has 3 heteroatoms. The van der Waals surface area contributed by atoms with Gasteiger partial charge in [0.1, 0.15) is 11.5 Å². The van der Waals surface area contributed by atoms with E-state index in [1.54, 1.807) is 6.07 Å². The van der Waals surface area contributed by atoms with Crippen LogP contribution in [0.25, 0.3) is 0 Å². The molecule has 0 heterocycles. The first-order chi connectivity index (χ1) is 9.10. The third-order valence-corrected chi connectivity index (χ3v) is 3.22. The second-order valence-electron chi connectivity index (χ2n) is 4.66. The summed E-state index contributed by atoms with van der Waals surface area (Å²) >= 11 is 0. The normalized spacial score (nSPS) is 12.1. The fraction of sp³-hybridized carbons (Fsp3) is 0.250. The molecule has 2 rings (SSSR count). The van der Waals surface area contributed by atoms with Crippen LogP contribution in [0.4, 0.5) is 5.69 Å². The van der Waals surface area contributed by atoms with E-state index in [4.69, 9.17) is 0 Å². The Bertz CT molecular complexity index is 549. The van der Waals surface area contributed by atoms with Crippen molar-refractivity contribution in [2.24, 2.45) is 0 Å². The van der Waals surface area contributed by atoms with Crippen molar-refractivity contribution in [1.82, 2.24) is 0 Å². The summed E-state index contributed by atoms with van der Waals surface area (Å²) < 4.78 is 0. The van der Waals surface area contributed by atoms with Crippen molar-refractivity contribution in [3.8, 4) is 11.5 Å². The molecule has 0 bridgehead atoms. The van der Waals surface area contributed by atoms with E-state index in [-0.39, 0.29) is 17.5 Å². The second-order valence-corrected chi connectivity index (χ2v) is 4.66. The number of benzene rings is 2. The Morgan fingerprint density at radius 1 is 1.05 bits per heavy atom. The predicted octanol–water partition coefficient (Wildman–Crippen LogP) is 3.83. The summed E-state index contributed by atoms with van der Waals surface area (Å²) in [6.07, 6.45) is 1.02. The van der Waals surface area contributed by atoms with E-state index < -0.39 is 0 Å². The van der Waals surface area contributed by atoms with Crippen LogP contribution in [0.5, 0.6) is 11.5 Å². The molecule has 2 aromatic rings. The highest BCUT2D eigenvalue weighted by molar-refractivity contribution is 5.49. The van der Waals surface area contributed by atoms with Gasteiger partial charge in [0.05, 0.1) is 6.04 Å². The molecule has 1 unspecified atom stereocenters. The Morgan fingerprint density at radius 3 is 2.37 bits per heavy atom. The molecule has 2 aromatic carbocycles. The zero-order chi connectivity index (χ0) is 13.8. The average Bonchev–Trinajstić information content (AvgIpc) is 2.42. The fourth-order valence-corrected chi connectivity index (χ4v) is 2.05. The Hall–Kier alpha value is -2.16. The van der Waals surface area contributed by atoms with Crippen LogP contribution < -0.4 is 5.32 Å². The fourth-order valence-electron chi connectivity index (χ4n) is 2.05. The van der Waals surface area contributed by atoms with Gasteiger partial charge in [-0.25, -0.2) is 0 Å². The van der Waals surface area contributed by atoms with Crippen LogP contribution in [0.3, 0.4) is 0 Å². The molecule has 0 aliphatic rings. The Balaban J connectivity index is 2.15. The minimum Gasteiger partial charge on any atom is -0.508 e. The van der Waals surface area contributed by atoms with Gasteiger partial charge in [-0.2, -0.15) is 0 Å². The standard InChI is InChI=1S/C16H19NO2/c1-3-12-4-6-13(7-5-12)17-11(2)15-10-14(18)8-9-16(15)19/h4-11,17-19H,3H2,1-2H3. The molecule has 0 saturated heterocycles. The second kappa shape index (κ2) is 5.65. The lowest BCUT2D eigenvalue weighted by molar-refractivity contribution is 0.451. The van der Waals surface area contributed by atoms with E-state index in [0.717, 1.165) is 12.1 Å². The molecule has 0 saturated carbocycles. The van der Waals surface area contributed by atoms with Gasteiger partial charge >= 0.3 is 0 Å². The molecule has 0 aromatic heterocycles. The van der Waals surface area contributed by atoms with Gasteiger partial charge < -0.3 is 15.5 Å². The first-order valence-electron chi connectivity index (χ1n) is 6.47. The van der Waals surface area contributed by atoms with Crippen molar-refractivity contribution in [3.63, 3.8) is 0 Å². The molecule has 0 spiro atoms. The van der Waals surface area contributed by atoms with Gasteiger partial charge in [-0.1, -0.05) is 19.1 Å². The largest absolute Gasteiger partial charge is 0.508 e. The lowest BCUT2D eigenvalue weighted by Crippen LogP contribution is -2.06. The summed E-state index contributed by atoms with van der Waals surface area (Å²) in [4.78, 5) is 0. The van der Waals surface area contributed by atoms with Crippen LogP contribution in [-0.2, 0) is 6.42 Å². The summed E-state index contributed by atoms with van der Waals surface area (Å²) in [5, 5.41) is 22.6. The zero-order valence-electron chi connectivity index (χ0n) is 11.2. The van der Waals surface area contributed by atoms with Crippen molar-refractivity contribution in [2.75, 3.05) is 5.32 Å². The van der Waals surface area contributed by atoms with E-state index in [1.807, 2.05) is 19.1 Å². The number of hydrogen-bond donors (Lipinski definition) is 3. The van der Waals surface area contributed by atoms with E-state index in [2.05, 4.69) is 24.4 Å². The quantitative estimate of drug-likeness (QED) is 0.729. The third kappa shape index (κ3) is 3.19. The zero-order valence-corrected chi connectivity index (χ0v) is 11.2. The SMILES string of the molecule is CCc1ccc(NC(C)c2cc(O)ccc2O)cc1. The van der Waals surface area contributed by atoms with Gasteiger partial charge in [0.15, 0.2) is 0 Å². The van der Waals surface area contributed by atoms with E-state index >= 15 is 0 Å². The maximum absolute atomic E-state index is 9.81. The number of anilines is 1. The molecule has 1 atom stereocenters. The molecule has 19 heavy (non-hydrogen) atoms. The minimum absolute atomic E-state index is 0.0837. The van der Waals surface area contributed by atoms with E-state index in [9.17, 15) is 10.2 Å². The number of hydrogen-bond acceptors (Lipinski definition) is 3. The highest BCUT2D eigenvalue weighted by Gasteiger charge is 2.11. The number of phenolic OH excluding ortho intramolecular Hbond substituents is 2. The summed E-state index contributed by atoms with van der Waals surface area (Å²) in [7, 11) is 0. The maximum Gasteiger partial charge on any atom is 0.121 e. The van der Waals surface area contributed by atoms with Gasteiger partial charge in [0, 0.05) is 11.3 Å². The first kappa shape index (κ1) is 13.3. The maximum atomic E-state index is 9.81. The molecule has 0 fully saturated rings. The smallest absolute Gasteiger partial charge is 0.121 e. The van der Waals surface area contributed by atoms with Gasteiger partial charge in [-0.3, -0.25) is 0 Å². The average molecular weight is 257 g/mol. The van der Waals surface area contributed by atoms with Gasteiger partial charge in [-0.15, -0.1) is 0 Å². The molecule has 0 aliphatic carbocycles. The van der Waals surface area contributed by atoms with Gasteiger partial charge in [0.2, 0.25) is 0 Å². The number of aryl methyl sites for hydroxylation is 1. The lowest BCUT2D eigenvalue weighted by Gasteiger charge is -2.17. The number of nitrogens with one attached hydrogen (secondary N) is 1. The molecule has 0 amide bonds. The summed E-state index contributed by atoms with van der Waals surface area (Å²) in [5.41, 5.74) is 2.96. The molecule has 3 nitrogen and oxygen atoms in total. The minimum atomic E-state index is -0.0837. The highest BCUT2D eigenvalue weighted by Crippen LogP contribution is 2.30. The Morgan fingerprint density at radius 2 is 1.74 bits per heavy atom. The monoisotopic (exact) mass is 257 g/mol. The van der Waals surface area contributed by atoms with Crippen LogP contribution in [-0.4, -0.2) is 10.2 Å². The van der Waals surface area contributed by atoms with Crippen LogP contribution in [0.1, 0.15) is 31.0 Å². The van der Waals surface area contributed by atoms with Crippen molar-refractivity contribution in [2.45, 2.75) is 26.3 Å². The van der Waals surface area contributed by atoms with Crippen molar-refractivity contribution < 1.29 is 10.2 Å². The number of aromatic hydroxyl groups is 2. The van der Waals surface area contributed by atoms with Gasteiger partial charge in [-0.05, 0) is 49.2 Å². The van der Waals surface area contributed by atoms with Gasteiger partial charge in [0.25, 0.3) is 0 Å². The Labute approximate surface area is 113 Å². The van der Waals surface area contributed by atoms with Crippen molar-refractivity contribution >= 4 is 5.69 Å². The van der Waals surface area contributed by atoms with Crippen LogP contribution in [0.15, 0.2) is 42.5 Å². The predicted molar refractivity (Wildman–Crippen MR) is 77.6 cm³/mol. The van der Waals surface area contributed by atoms with Crippen LogP contribution in [0.2, 0.25) is 0 Å². The van der Waals surface area contributed by atoms with Crippen LogP contribution >= 0.6 is 0 Å². The molecule has 0 aliphatic heterocycles. The number of phenols is 2. The highest BCUT2D eigenvalue weighted by atomic mass is 16.3. The summed E-state index contributed by atoms with van der Waals surface area (Å²) in [5.74, 6) is 0.339. The third-order valence-electron chi connectivity index (χ3n) is 3.22. The molecular formula is C16H19NO2. The lowest BCUT2D eigenvalue weighted by atomic mass is 10.1. The molecule has 100 valence electrons. The number of rotatable bonds is 4. The first-order valence-corrected chi connectivity index (χ1v) is 6.47. The van der Waals surface area contributed by atoms with Crippen molar-refractivity contribution in [1.29, 1.82) is 0 Å².